The fraction of sp³-hybridized carbons (Fsp3) is 0.273. The van der Waals surface area contributed by atoms with Gasteiger partial charge in [-0.25, -0.2) is 4.98 Å². The molecule has 1 aromatic carbocycles. The Bertz CT molecular complexity index is 1190. The predicted molar refractivity (Wildman–Crippen MR) is 113 cm³/mol. The number of hydrogen-bond donors (Lipinski definition) is 1. The normalized spacial score (nSPS) is 19.4. The molecule has 29 heavy (non-hydrogen) atoms. The van der Waals surface area contributed by atoms with E-state index in [9.17, 15) is 4.79 Å². The number of benzene rings is 1. The summed E-state index contributed by atoms with van der Waals surface area (Å²) in [6.45, 7) is 5.34. The quantitative estimate of drug-likeness (QED) is 0.485. The number of oxazole rings is 1. The van der Waals surface area contributed by atoms with Gasteiger partial charge in [0.25, 0.3) is 5.91 Å². The van der Waals surface area contributed by atoms with E-state index in [1.165, 1.54) is 23.3 Å². The summed E-state index contributed by atoms with van der Waals surface area (Å²) in [5.41, 5.74) is 3.04. The van der Waals surface area contributed by atoms with Crippen LogP contribution < -0.4 is 5.32 Å². The van der Waals surface area contributed by atoms with E-state index in [1.54, 1.807) is 0 Å². The highest BCUT2D eigenvalue weighted by molar-refractivity contribution is 7.13. The van der Waals surface area contributed by atoms with Crippen molar-refractivity contribution in [2.24, 2.45) is 0 Å². The van der Waals surface area contributed by atoms with Crippen molar-refractivity contribution in [1.82, 2.24) is 9.88 Å². The number of nitrogens with one attached hydrogen (secondary N) is 1. The minimum absolute atomic E-state index is 0.259. The fourth-order valence-corrected chi connectivity index (χ4v) is 4.80. The van der Waals surface area contributed by atoms with Crippen LogP contribution in [-0.4, -0.2) is 29.4 Å². The molecule has 148 valence electrons. The van der Waals surface area contributed by atoms with Crippen molar-refractivity contribution in [2.75, 3.05) is 18.9 Å². The Kier molecular flexibility index (Phi) is 4.29. The van der Waals surface area contributed by atoms with E-state index < -0.39 is 0 Å². The fourth-order valence-electron chi connectivity index (χ4n) is 4.08. The lowest BCUT2D eigenvalue weighted by molar-refractivity contribution is 0.102. The third kappa shape index (κ3) is 2.97. The zero-order valence-electron chi connectivity index (χ0n) is 16.4. The molecule has 1 aliphatic heterocycles. The maximum atomic E-state index is 12.9. The van der Waals surface area contributed by atoms with Crippen molar-refractivity contribution in [3.63, 3.8) is 0 Å². The highest BCUT2D eigenvalue weighted by Crippen LogP contribution is 2.42. The van der Waals surface area contributed by atoms with E-state index in [2.05, 4.69) is 36.1 Å². The second kappa shape index (κ2) is 6.86. The molecular weight excluding hydrogens is 386 g/mol. The Morgan fingerprint density at radius 2 is 2.17 bits per heavy atom. The molecule has 0 radical (unpaired) electrons. The summed E-state index contributed by atoms with van der Waals surface area (Å²) >= 11 is 1.51. The number of rotatable bonds is 3. The van der Waals surface area contributed by atoms with Crippen LogP contribution in [0.15, 0.2) is 50.9 Å². The van der Waals surface area contributed by atoms with Crippen LogP contribution in [-0.2, 0) is 0 Å². The first-order valence-corrected chi connectivity index (χ1v) is 10.5. The molecule has 0 unspecified atom stereocenters. The van der Waals surface area contributed by atoms with Gasteiger partial charge in [-0.2, -0.15) is 0 Å². The highest BCUT2D eigenvalue weighted by atomic mass is 32.1. The Balaban J connectivity index is 1.49. The Labute approximate surface area is 172 Å². The number of nitrogens with zero attached hydrogens (tertiary/aromatic N) is 2. The molecule has 0 bridgehead atoms. The lowest BCUT2D eigenvalue weighted by Gasteiger charge is -2.33. The van der Waals surface area contributed by atoms with Crippen LogP contribution in [0, 0.1) is 0 Å². The lowest BCUT2D eigenvalue weighted by Crippen LogP contribution is -2.31. The number of carbonyl (C=O) groups excluding carboxylic acids is 1. The van der Waals surface area contributed by atoms with Crippen molar-refractivity contribution >= 4 is 33.9 Å². The first-order chi connectivity index (χ1) is 14.0. The summed E-state index contributed by atoms with van der Waals surface area (Å²) in [4.78, 5) is 20.2. The minimum atomic E-state index is -0.294. The molecule has 4 heterocycles. The van der Waals surface area contributed by atoms with Gasteiger partial charge in [-0.3, -0.25) is 9.69 Å². The third-order valence-electron chi connectivity index (χ3n) is 5.63. The summed E-state index contributed by atoms with van der Waals surface area (Å²) in [6, 6.07) is 9.85. The topological polar surface area (TPSA) is 71.5 Å². The lowest BCUT2D eigenvalue weighted by atomic mass is 9.92. The Morgan fingerprint density at radius 3 is 2.97 bits per heavy atom. The van der Waals surface area contributed by atoms with E-state index in [0.717, 1.165) is 28.2 Å². The monoisotopic (exact) mass is 407 g/mol. The van der Waals surface area contributed by atoms with Gasteiger partial charge in [0, 0.05) is 35.1 Å². The number of aromatic nitrogens is 1. The van der Waals surface area contributed by atoms with E-state index in [0.29, 0.717) is 17.4 Å². The largest absolute Gasteiger partial charge is 0.460 e. The second-order valence-corrected chi connectivity index (χ2v) is 8.52. The molecule has 3 aromatic heterocycles. The molecule has 0 aliphatic carbocycles. The number of amides is 1. The number of anilines is 1. The van der Waals surface area contributed by atoms with Gasteiger partial charge >= 0.3 is 0 Å². The molecule has 0 saturated carbocycles. The molecule has 1 N–H and O–H groups in total. The van der Waals surface area contributed by atoms with Crippen molar-refractivity contribution in [2.45, 2.75) is 25.8 Å². The van der Waals surface area contributed by atoms with Crippen molar-refractivity contribution < 1.29 is 13.6 Å². The summed E-state index contributed by atoms with van der Waals surface area (Å²) in [7, 11) is 2.13. The first-order valence-electron chi connectivity index (χ1n) is 9.58. The van der Waals surface area contributed by atoms with Crippen LogP contribution in [0.25, 0.3) is 21.6 Å². The van der Waals surface area contributed by atoms with Crippen LogP contribution >= 0.6 is 11.3 Å². The molecular formula is C22H21N3O3S. The average molecular weight is 407 g/mol. The van der Waals surface area contributed by atoms with E-state index in [4.69, 9.17) is 8.83 Å². The van der Waals surface area contributed by atoms with Crippen molar-refractivity contribution in [1.29, 1.82) is 0 Å². The number of carbonyl (C=O) groups is 1. The van der Waals surface area contributed by atoms with Crippen LogP contribution in [0.5, 0.6) is 0 Å². The molecule has 0 spiro atoms. The number of likely N-dealkylation sites (N-methyl/N-ethyl adjacent to an activating group) is 1. The van der Waals surface area contributed by atoms with Crippen LogP contribution in [0.2, 0.25) is 0 Å². The predicted octanol–water partition coefficient (Wildman–Crippen LogP) is 5.51. The summed E-state index contributed by atoms with van der Waals surface area (Å²) in [6.07, 6.45) is 1.30. The summed E-state index contributed by atoms with van der Waals surface area (Å²) in [5.74, 6) is 1.58. The molecule has 6 nitrogen and oxygen atoms in total. The van der Waals surface area contributed by atoms with Crippen LogP contribution in [0.4, 0.5) is 5.69 Å². The van der Waals surface area contributed by atoms with Crippen molar-refractivity contribution in [3.8, 4) is 10.6 Å². The third-order valence-corrected chi connectivity index (χ3v) is 6.50. The number of hydrogen-bond acceptors (Lipinski definition) is 6. The van der Waals surface area contributed by atoms with Gasteiger partial charge in [-0.15, -0.1) is 11.3 Å². The maximum Gasteiger partial charge on any atom is 0.278 e. The highest BCUT2D eigenvalue weighted by Gasteiger charge is 2.31. The van der Waals surface area contributed by atoms with Crippen LogP contribution in [0.3, 0.4) is 0 Å². The molecule has 1 aliphatic rings. The molecule has 0 saturated heterocycles. The Hall–Kier alpha value is -2.90. The van der Waals surface area contributed by atoms with Gasteiger partial charge in [0.1, 0.15) is 11.3 Å². The number of thiophene rings is 1. The van der Waals surface area contributed by atoms with E-state index in [1.807, 2.05) is 35.7 Å². The molecule has 4 aromatic rings. The van der Waals surface area contributed by atoms with Crippen LogP contribution in [0.1, 0.15) is 47.6 Å². The van der Waals surface area contributed by atoms with E-state index >= 15 is 0 Å². The van der Waals surface area contributed by atoms with Gasteiger partial charge in [0.2, 0.25) is 0 Å². The number of furan rings is 1. The molecule has 5 rings (SSSR count). The summed E-state index contributed by atoms with van der Waals surface area (Å²) in [5, 5.41) is 5.94. The Morgan fingerprint density at radius 1 is 1.31 bits per heavy atom. The van der Waals surface area contributed by atoms with Crippen molar-refractivity contribution in [3.05, 3.63) is 59.1 Å². The SMILES string of the molecule is C[C@@H]1c2c(oc3ccc(NC(=O)c4ncoc4-c4cccs4)cc23)[C@@H](C)CN1C. The van der Waals surface area contributed by atoms with Gasteiger partial charge < -0.3 is 14.2 Å². The molecule has 7 heteroatoms. The first kappa shape index (κ1) is 18.1. The van der Waals surface area contributed by atoms with Gasteiger partial charge in [0.05, 0.1) is 4.88 Å². The number of fused-ring (bicyclic) bond motifs is 3. The molecule has 1 amide bonds. The van der Waals surface area contributed by atoms with E-state index in [-0.39, 0.29) is 17.6 Å². The van der Waals surface area contributed by atoms with Gasteiger partial charge in [-0.05, 0) is 43.6 Å². The molecule has 0 fully saturated rings. The second-order valence-electron chi connectivity index (χ2n) is 7.57. The smallest absolute Gasteiger partial charge is 0.278 e. The standard InChI is InChI=1S/C22H21N3O3S/c1-12-10-25(3)13(2)18-15-9-14(6-7-16(15)28-20(12)18)24-22(26)19-21(27-11-23-19)17-5-4-8-29-17/h4-9,11-13H,10H2,1-3H3,(H,24,26)/t12-,13+/m0/s1. The zero-order chi connectivity index (χ0) is 20.1. The van der Waals surface area contributed by atoms with Gasteiger partial charge in [0.15, 0.2) is 17.8 Å². The van der Waals surface area contributed by atoms with Gasteiger partial charge in [-0.1, -0.05) is 13.0 Å². The zero-order valence-corrected chi connectivity index (χ0v) is 17.2. The minimum Gasteiger partial charge on any atom is -0.460 e. The average Bonchev–Trinajstić information content (AvgIpc) is 3.44. The molecule has 2 atom stereocenters. The maximum absolute atomic E-state index is 12.9. The summed E-state index contributed by atoms with van der Waals surface area (Å²) < 4.78 is 11.6.